The third kappa shape index (κ3) is 3.49. The lowest BCUT2D eigenvalue weighted by molar-refractivity contribution is -0.431. The maximum atomic E-state index is 16.0. The lowest BCUT2D eigenvalue weighted by Crippen LogP contribution is -2.70. The summed E-state index contributed by atoms with van der Waals surface area (Å²) in [4.78, 5) is 0. The Hall–Kier alpha value is -1.82. The summed E-state index contributed by atoms with van der Waals surface area (Å²) in [7, 11) is 0. The molecule has 0 nitrogen and oxygen atoms in total. The van der Waals surface area contributed by atoms with Gasteiger partial charge in [0.25, 0.3) is 0 Å². The van der Waals surface area contributed by atoms with Crippen molar-refractivity contribution in [2.24, 2.45) is 0 Å². The van der Waals surface area contributed by atoms with Gasteiger partial charge in [-0.1, -0.05) is 59.6 Å². The van der Waals surface area contributed by atoms with E-state index in [2.05, 4.69) is 0 Å². The smallest absolute Gasteiger partial charge is 0.226 e. The van der Waals surface area contributed by atoms with Gasteiger partial charge in [0, 0.05) is 21.2 Å². The molecule has 2 aromatic carbocycles. The van der Waals surface area contributed by atoms with E-state index in [0.717, 1.165) is 24.3 Å². The Balaban J connectivity index is 2.93. The number of hydrogen-bond donors (Lipinski definition) is 0. The molecule has 0 saturated heterocycles. The predicted molar refractivity (Wildman–Crippen MR) is 90.6 cm³/mol. The molecule has 32 heavy (non-hydrogen) atoms. The third-order valence-corrected chi connectivity index (χ3v) is 5.12. The van der Waals surface area contributed by atoms with Crippen molar-refractivity contribution >= 4 is 23.2 Å². The second-order valence-electron chi connectivity index (χ2n) is 6.41. The van der Waals surface area contributed by atoms with E-state index in [1.807, 2.05) is 0 Å². The highest BCUT2D eigenvalue weighted by Crippen LogP contribution is 2.64. The van der Waals surface area contributed by atoms with Crippen LogP contribution >= 0.6 is 23.2 Å². The summed E-state index contributed by atoms with van der Waals surface area (Å²) in [6, 6.07) is 5.47. The fourth-order valence-electron chi connectivity index (χ4n) is 2.75. The standard InChI is InChI=1S/C18H8Cl2F12/c19-11-7-3-1-5-9(11)13(21,10-6-2-4-8-12(10)20)14(22,23)15(24,25)16(26,27)17(28,29)18(30,31)32/h1-8H. The van der Waals surface area contributed by atoms with Gasteiger partial charge in [-0.05, 0) is 12.1 Å². The monoisotopic (exact) mass is 522 g/mol. The molecule has 2 aromatic rings. The summed E-state index contributed by atoms with van der Waals surface area (Å²) >= 11 is 11.1. The zero-order valence-electron chi connectivity index (χ0n) is 14.9. The molecule has 0 spiro atoms. The van der Waals surface area contributed by atoms with Crippen LogP contribution in [-0.4, -0.2) is 29.9 Å². The maximum absolute atomic E-state index is 16.0. The zero-order chi connectivity index (χ0) is 25.0. The lowest BCUT2D eigenvalue weighted by Gasteiger charge is -2.43. The average Bonchev–Trinajstić information content (AvgIpc) is 2.66. The molecule has 0 atom stereocenters. The number of benzene rings is 2. The number of rotatable bonds is 6. The van der Waals surface area contributed by atoms with Crippen molar-refractivity contribution < 1.29 is 52.7 Å². The molecule has 0 fully saturated rings. The average molecular weight is 523 g/mol. The van der Waals surface area contributed by atoms with Crippen molar-refractivity contribution in [3.63, 3.8) is 0 Å². The minimum Gasteiger partial charge on any atom is -0.226 e. The van der Waals surface area contributed by atoms with E-state index in [4.69, 9.17) is 23.2 Å². The van der Waals surface area contributed by atoms with Gasteiger partial charge >= 0.3 is 29.9 Å². The minimum atomic E-state index is -7.80. The molecule has 0 saturated carbocycles. The molecule has 0 bridgehead atoms. The molecule has 2 rings (SSSR count). The SMILES string of the molecule is FC(F)(F)C(F)(F)C(F)(F)C(F)(F)C(F)(F)C(F)(c1ccccc1Cl)c1ccccc1Cl. The highest BCUT2D eigenvalue weighted by Gasteiger charge is 2.90. The van der Waals surface area contributed by atoms with Crippen LogP contribution in [0.4, 0.5) is 52.7 Å². The second kappa shape index (κ2) is 7.89. The Bertz CT molecular complexity index is 938. The molecule has 0 heterocycles. The summed E-state index contributed by atoms with van der Waals surface area (Å²) in [5.41, 5.74) is -8.45. The quantitative estimate of drug-likeness (QED) is 0.334. The Morgan fingerprint density at radius 3 is 1.06 bits per heavy atom. The van der Waals surface area contributed by atoms with E-state index in [1.165, 1.54) is 0 Å². The van der Waals surface area contributed by atoms with Crippen molar-refractivity contribution in [2.45, 2.75) is 35.5 Å². The van der Waals surface area contributed by atoms with Crippen LogP contribution in [0, 0.1) is 0 Å². The van der Waals surface area contributed by atoms with Gasteiger partial charge in [0.05, 0.1) is 0 Å². The molecular formula is C18H8Cl2F12. The van der Waals surface area contributed by atoms with Crippen molar-refractivity contribution in [3.05, 3.63) is 69.7 Å². The van der Waals surface area contributed by atoms with Crippen LogP contribution in [0.2, 0.25) is 10.0 Å². The highest BCUT2D eigenvalue weighted by molar-refractivity contribution is 6.32. The van der Waals surface area contributed by atoms with E-state index < -0.39 is 56.7 Å². The van der Waals surface area contributed by atoms with Crippen LogP contribution in [0.5, 0.6) is 0 Å². The lowest BCUT2D eigenvalue weighted by atomic mass is 9.77. The topological polar surface area (TPSA) is 0 Å². The van der Waals surface area contributed by atoms with E-state index >= 15 is 4.39 Å². The molecule has 178 valence electrons. The third-order valence-electron chi connectivity index (χ3n) is 4.46. The molecule has 0 N–H and O–H groups in total. The van der Waals surface area contributed by atoms with Gasteiger partial charge in [0.1, 0.15) is 0 Å². The zero-order valence-corrected chi connectivity index (χ0v) is 16.4. The van der Waals surface area contributed by atoms with E-state index in [1.54, 1.807) is 0 Å². The van der Waals surface area contributed by atoms with Gasteiger partial charge in [-0.2, -0.15) is 48.3 Å². The summed E-state index contributed by atoms with van der Waals surface area (Å²) < 4.78 is 166. The molecule has 14 heteroatoms. The van der Waals surface area contributed by atoms with Crippen LogP contribution < -0.4 is 0 Å². The van der Waals surface area contributed by atoms with Crippen molar-refractivity contribution in [3.8, 4) is 0 Å². The summed E-state index contributed by atoms with van der Waals surface area (Å²) in [5, 5.41) is -2.12. The van der Waals surface area contributed by atoms with Crippen LogP contribution in [0.15, 0.2) is 48.5 Å². The first-order chi connectivity index (χ1) is 14.3. The van der Waals surface area contributed by atoms with Gasteiger partial charge < -0.3 is 0 Å². The van der Waals surface area contributed by atoms with Crippen LogP contribution in [0.25, 0.3) is 0 Å². The first kappa shape index (κ1) is 26.4. The van der Waals surface area contributed by atoms with Crippen LogP contribution in [0.1, 0.15) is 11.1 Å². The van der Waals surface area contributed by atoms with E-state index in [-0.39, 0.29) is 0 Å². The predicted octanol–water partition coefficient (Wildman–Crippen LogP) is 8.31. The molecular weight excluding hydrogens is 515 g/mol. The van der Waals surface area contributed by atoms with Gasteiger partial charge in [-0.15, -0.1) is 0 Å². The Labute approximate surface area is 181 Å². The highest BCUT2D eigenvalue weighted by atomic mass is 35.5. The van der Waals surface area contributed by atoms with Crippen molar-refractivity contribution in [1.29, 1.82) is 0 Å². The Morgan fingerprint density at radius 2 is 0.750 bits per heavy atom. The minimum absolute atomic E-state index is 0.329. The molecule has 0 aliphatic heterocycles. The van der Waals surface area contributed by atoms with Gasteiger partial charge in [-0.25, -0.2) is 4.39 Å². The fourth-order valence-corrected chi connectivity index (χ4v) is 3.29. The van der Waals surface area contributed by atoms with Gasteiger partial charge in [-0.3, -0.25) is 0 Å². The molecule has 0 aromatic heterocycles. The molecule has 0 radical (unpaired) electrons. The van der Waals surface area contributed by atoms with Crippen molar-refractivity contribution in [2.75, 3.05) is 0 Å². The first-order valence-corrected chi connectivity index (χ1v) is 8.81. The summed E-state index contributed by atoms with van der Waals surface area (Å²) in [6.07, 6.45) is -7.39. The first-order valence-electron chi connectivity index (χ1n) is 8.05. The second-order valence-corrected chi connectivity index (χ2v) is 7.23. The van der Waals surface area contributed by atoms with E-state index in [0.29, 0.717) is 24.3 Å². The van der Waals surface area contributed by atoms with E-state index in [9.17, 15) is 48.3 Å². The van der Waals surface area contributed by atoms with Gasteiger partial charge in [0.2, 0.25) is 5.67 Å². The molecule has 0 aliphatic rings. The number of halogens is 14. The molecule has 0 amide bonds. The summed E-state index contributed by atoms with van der Waals surface area (Å²) in [6.45, 7) is 0. The van der Waals surface area contributed by atoms with Crippen LogP contribution in [-0.2, 0) is 5.67 Å². The number of hydrogen-bond acceptors (Lipinski definition) is 0. The normalized spacial score (nSPS) is 14.6. The Morgan fingerprint density at radius 1 is 0.438 bits per heavy atom. The number of alkyl halides is 12. The molecule has 0 aliphatic carbocycles. The largest absolute Gasteiger partial charge is 0.460 e. The summed E-state index contributed by atoms with van der Waals surface area (Å²) in [5.74, 6) is -30.0. The van der Waals surface area contributed by atoms with Gasteiger partial charge in [0.15, 0.2) is 0 Å². The fraction of sp³-hybridized carbons (Fsp3) is 0.333. The molecule has 0 unspecified atom stereocenters. The Kier molecular flexibility index (Phi) is 6.52. The van der Waals surface area contributed by atoms with Crippen molar-refractivity contribution in [1.82, 2.24) is 0 Å². The van der Waals surface area contributed by atoms with Crippen LogP contribution in [0.3, 0.4) is 0 Å². The maximum Gasteiger partial charge on any atom is 0.460 e.